The Morgan fingerprint density at radius 3 is 2.43 bits per heavy atom. The summed E-state index contributed by atoms with van der Waals surface area (Å²) in [6.07, 6.45) is 0.535. The van der Waals surface area contributed by atoms with Gasteiger partial charge in [-0.2, -0.15) is 0 Å². The summed E-state index contributed by atoms with van der Waals surface area (Å²) in [6.45, 7) is 1.75. The molecule has 4 heteroatoms. The molecular formula is C3H6BrNO2. The Morgan fingerprint density at radius 1 is 2.00 bits per heavy atom. The van der Waals surface area contributed by atoms with Gasteiger partial charge in [0.2, 0.25) is 0 Å². The number of nitrogens with zero attached hydrogens (tertiary/aromatic N) is 1. The van der Waals surface area contributed by atoms with E-state index in [-0.39, 0.29) is 4.92 Å². The van der Waals surface area contributed by atoms with E-state index in [1.165, 1.54) is 0 Å². The molecule has 0 aliphatic carbocycles. The molecular weight excluding hydrogens is 162 g/mol. The largest absolute Gasteiger partial charge is 0.265 e. The van der Waals surface area contributed by atoms with Crippen LogP contribution in [-0.4, -0.2) is 9.87 Å². The van der Waals surface area contributed by atoms with Crippen LogP contribution in [0.5, 0.6) is 0 Å². The molecule has 0 aliphatic rings. The standard InChI is InChI=1S/C3H6BrNO2/c1-2-3(4)5(6)7/h3H,2H2,1H3. The molecule has 0 fully saturated rings. The molecule has 0 bridgehead atoms. The number of nitro groups is 1. The van der Waals surface area contributed by atoms with Crippen LogP contribution in [0, 0.1) is 10.1 Å². The minimum absolute atomic E-state index is 0.361. The van der Waals surface area contributed by atoms with Gasteiger partial charge in [0.1, 0.15) is 0 Å². The minimum atomic E-state index is -0.563. The van der Waals surface area contributed by atoms with Crippen LogP contribution in [0.3, 0.4) is 0 Å². The van der Waals surface area contributed by atoms with Gasteiger partial charge < -0.3 is 0 Å². The molecule has 0 aliphatic heterocycles. The van der Waals surface area contributed by atoms with E-state index in [4.69, 9.17) is 0 Å². The first-order valence-corrected chi connectivity index (χ1v) is 2.87. The van der Waals surface area contributed by atoms with Crippen LogP contribution in [0.15, 0.2) is 0 Å². The summed E-state index contributed by atoms with van der Waals surface area (Å²) in [5, 5.41) is 9.69. The molecule has 0 saturated heterocycles. The van der Waals surface area contributed by atoms with E-state index in [0.29, 0.717) is 6.42 Å². The lowest BCUT2D eigenvalue weighted by Crippen LogP contribution is -2.08. The maximum absolute atomic E-state index is 9.69. The van der Waals surface area contributed by atoms with Crippen LogP contribution in [0.25, 0.3) is 0 Å². The first kappa shape index (κ1) is 6.88. The highest BCUT2D eigenvalue weighted by atomic mass is 79.9. The maximum Gasteiger partial charge on any atom is 0.265 e. The van der Waals surface area contributed by atoms with Gasteiger partial charge in [0.25, 0.3) is 4.95 Å². The van der Waals surface area contributed by atoms with E-state index in [1.54, 1.807) is 6.92 Å². The Labute approximate surface area is 50.0 Å². The Bertz CT molecular complexity index is 75.3. The second kappa shape index (κ2) is 2.96. The van der Waals surface area contributed by atoms with E-state index in [0.717, 1.165) is 0 Å². The van der Waals surface area contributed by atoms with Gasteiger partial charge in [-0.1, -0.05) is 6.92 Å². The van der Waals surface area contributed by atoms with Crippen molar-refractivity contribution in [1.82, 2.24) is 0 Å². The second-order valence-corrected chi connectivity index (χ2v) is 2.19. The average molecular weight is 168 g/mol. The van der Waals surface area contributed by atoms with Crippen molar-refractivity contribution in [2.24, 2.45) is 0 Å². The van der Waals surface area contributed by atoms with E-state index in [2.05, 4.69) is 15.9 Å². The minimum Gasteiger partial charge on any atom is -0.263 e. The van der Waals surface area contributed by atoms with Crippen LogP contribution in [0.1, 0.15) is 13.3 Å². The van der Waals surface area contributed by atoms with Gasteiger partial charge in [-0.25, -0.2) is 0 Å². The monoisotopic (exact) mass is 167 g/mol. The Morgan fingerprint density at radius 2 is 2.43 bits per heavy atom. The Hall–Kier alpha value is -0.120. The Kier molecular flexibility index (Phi) is 2.91. The number of halogens is 1. The van der Waals surface area contributed by atoms with Crippen molar-refractivity contribution in [3.05, 3.63) is 10.1 Å². The second-order valence-electron chi connectivity index (χ2n) is 1.13. The van der Waals surface area contributed by atoms with E-state index >= 15 is 0 Å². The molecule has 1 atom stereocenters. The summed E-state index contributed by atoms with van der Waals surface area (Å²) >= 11 is 2.84. The number of hydrogen-bond donors (Lipinski definition) is 0. The molecule has 0 heterocycles. The normalized spacial score (nSPS) is 13.4. The van der Waals surface area contributed by atoms with Gasteiger partial charge in [0, 0.05) is 11.3 Å². The van der Waals surface area contributed by atoms with Crippen molar-refractivity contribution in [2.45, 2.75) is 18.3 Å². The number of alkyl halides is 1. The maximum atomic E-state index is 9.69. The molecule has 0 aromatic carbocycles. The summed E-state index contributed by atoms with van der Waals surface area (Å²) in [6, 6.07) is 0. The highest BCUT2D eigenvalue weighted by Gasteiger charge is 2.08. The zero-order valence-electron chi connectivity index (χ0n) is 3.93. The molecule has 7 heavy (non-hydrogen) atoms. The summed E-state index contributed by atoms with van der Waals surface area (Å²) in [5.74, 6) is 0. The van der Waals surface area contributed by atoms with Crippen molar-refractivity contribution < 1.29 is 4.92 Å². The average Bonchev–Trinajstić information content (AvgIpc) is 1.65. The van der Waals surface area contributed by atoms with Gasteiger partial charge in [-0.3, -0.25) is 10.1 Å². The quantitative estimate of drug-likeness (QED) is 0.270. The fourth-order valence-corrected chi connectivity index (χ4v) is 0.149. The van der Waals surface area contributed by atoms with Crippen molar-refractivity contribution in [2.75, 3.05) is 0 Å². The fraction of sp³-hybridized carbons (Fsp3) is 1.00. The smallest absolute Gasteiger partial charge is 0.263 e. The molecule has 0 radical (unpaired) electrons. The Balaban J connectivity index is 3.34. The summed E-state index contributed by atoms with van der Waals surface area (Å²) < 4.78 is 0. The zero-order chi connectivity index (χ0) is 5.86. The van der Waals surface area contributed by atoms with Crippen LogP contribution >= 0.6 is 15.9 Å². The van der Waals surface area contributed by atoms with E-state index in [9.17, 15) is 10.1 Å². The molecule has 0 N–H and O–H groups in total. The third-order valence-electron chi connectivity index (χ3n) is 0.566. The van der Waals surface area contributed by atoms with Crippen LogP contribution < -0.4 is 0 Å². The highest BCUT2D eigenvalue weighted by molar-refractivity contribution is 9.09. The topological polar surface area (TPSA) is 43.1 Å². The SMILES string of the molecule is CCC(Br)[N+](=O)[O-]. The predicted molar refractivity (Wildman–Crippen MR) is 30.0 cm³/mol. The van der Waals surface area contributed by atoms with Gasteiger partial charge >= 0.3 is 0 Å². The summed E-state index contributed by atoms with van der Waals surface area (Å²) in [4.78, 5) is 8.77. The third kappa shape index (κ3) is 2.56. The van der Waals surface area contributed by atoms with E-state index in [1.807, 2.05) is 0 Å². The molecule has 0 aromatic heterocycles. The number of rotatable bonds is 2. The first-order chi connectivity index (χ1) is 3.18. The van der Waals surface area contributed by atoms with Crippen LogP contribution in [-0.2, 0) is 0 Å². The predicted octanol–water partition coefficient (Wildman–Crippen LogP) is 1.39. The van der Waals surface area contributed by atoms with Gasteiger partial charge in [-0.05, 0) is 15.9 Å². The van der Waals surface area contributed by atoms with Crippen molar-refractivity contribution >= 4 is 15.9 Å². The fourth-order valence-electron chi connectivity index (χ4n) is 0.149. The van der Waals surface area contributed by atoms with Gasteiger partial charge in [-0.15, -0.1) is 0 Å². The molecule has 3 nitrogen and oxygen atoms in total. The molecule has 0 saturated carbocycles. The zero-order valence-corrected chi connectivity index (χ0v) is 5.51. The molecule has 0 amide bonds. The molecule has 42 valence electrons. The molecule has 0 aromatic rings. The molecule has 0 spiro atoms. The van der Waals surface area contributed by atoms with Crippen molar-refractivity contribution in [3.8, 4) is 0 Å². The van der Waals surface area contributed by atoms with Gasteiger partial charge in [0.05, 0.1) is 0 Å². The highest BCUT2D eigenvalue weighted by Crippen LogP contribution is 2.02. The van der Waals surface area contributed by atoms with Gasteiger partial charge in [0.15, 0.2) is 0 Å². The molecule has 0 rings (SSSR count). The van der Waals surface area contributed by atoms with Crippen LogP contribution in [0.2, 0.25) is 0 Å². The van der Waals surface area contributed by atoms with Crippen LogP contribution in [0.4, 0.5) is 0 Å². The van der Waals surface area contributed by atoms with E-state index < -0.39 is 4.95 Å². The van der Waals surface area contributed by atoms with Crippen molar-refractivity contribution in [3.63, 3.8) is 0 Å². The van der Waals surface area contributed by atoms with Crippen molar-refractivity contribution in [1.29, 1.82) is 0 Å². The molecule has 1 unspecified atom stereocenters. The lowest BCUT2D eigenvalue weighted by Gasteiger charge is -1.92. The third-order valence-corrected chi connectivity index (χ3v) is 1.55. The lowest BCUT2D eigenvalue weighted by atomic mass is 10.5. The summed E-state index contributed by atoms with van der Waals surface area (Å²) in [7, 11) is 0. The lowest BCUT2D eigenvalue weighted by molar-refractivity contribution is -0.492. The first-order valence-electron chi connectivity index (χ1n) is 1.96. The summed E-state index contributed by atoms with van der Waals surface area (Å²) in [5.41, 5.74) is 0. The number of hydrogen-bond acceptors (Lipinski definition) is 2.